The fourth-order valence-corrected chi connectivity index (χ4v) is 4.68. The summed E-state index contributed by atoms with van der Waals surface area (Å²) >= 11 is -0.454. The molecule has 2 aromatic heterocycles. The van der Waals surface area contributed by atoms with Gasteiger partial charge < -0.3 is 34.6 Å². The number of fused-ring (bicyclic) bond motifs is 1. The van der Waals surface area contributed by atoms with Crippen LogP contribution in [-0.4, -0.2) is 52.0 Å². The van der Waals surface area contributed by atoms with Gasteiger partial charge in [-0.05, 0) is 0 Å². The van der Waals surface area contributed by atoms with Gasteiger partial charge in [0.2, 0.25) is 0 Å². The van der Waals surface area contributed by atoms with Gasteiger partial charge in [-0.3, -0.25) is 4.57 Å². The van der Waals surface area contributed by atoms with Gasteiger partial charge in [0.25, 0.3) is 0 Å². The van der Waals surface area contributed by atoms with Crippen molar-refractivity contribution in [2.75, 3.05) is 18.7 Å². The number of rotatable bonds is 11. The average Bonchev–Trinajstić information content (AvgIpc) is 2.93. The van der Waals surface area contributed by atoms with Crippen molar-refractivity contribution >= 4 is 52.5 Å². The van der Waals surface area contributed by atoms with Crippen LogP contribution in [0.3, 0.4) is 0 Å². The summed E-state index contributed by atoms with van der Waals surface area (Å²) < 4.78 is 51.5. The summed E-state index contributed by atoms with van der Waals surface area (Å²) in [6, 6.07) is 0. The number of aromatic nitrogens is 4. The van der Waals surface area contributed by atoms with Crippen molar-refractivity contribution in [2.24, 2.45) is 0 Å². The molecule has 0 spiro atoms. The first kappa shape index (κ1) is 23.3. The van der Waals surface area contributed by atoms with E-state index in [4.69, 9.17) is 25.2 Å². The molecule has 2 rings (SSSR count). The van der Waals surface area contributed by atoms with Gasteiger partial charge in [-0.1, -0.05) is 0 Å². The molecule has 2 unspecified atom stereocenters. The second kappa shape index (κ2) is 9.26. The van der Waals surface area contributed by atoms with E-state index in [0.717, 1.165) is 0 Å². The number of nitrogen functional groups attached to an aromatic ring is 1. The predicted octanol–water partition coefficient (Wildman–Crippen LogP) is 0.374. The van der Waals surface area contributed by atoms with Crippen molar-refractivity contribution in [2.45, 2.75) is 6.54 Å². The zero-order valence-electron chi connectivity index (χ0n) is 13.5. The Hall–Kier alpha value is -0.930. The summed E-state index contributed by atoms with van der Waals surface area (Å²) in [6.45, 7) is 0.132. The molecule has 0 saturated heterocycles. The minimum absolute atomic E-state index is 0.0609. The third-order valence-electron chi connectivity index (χ3n) is 2.64. The molecule has 28 heavy (non-hydrogen) atoms. The van der Waals surface area contributed by atoms with Crippen molar-refractivity contribution in [3.63, 3.8) is 0 Å². The zero-order valence-corrected chi connectivity index (χ0v) is 17.0. The molecule has 0 aliphatic rings. The molecule has 0 bridgehead atoms. The molecule has 6 N–H and O–H groups in total. The van der Waals surface area contributed by atoms with Gasteiger partial charge in [0.05, 0.1) is 12.9 Å². The van der Waals surface area contributed by atoms with Crippen molar-refractivity contribution in [3.8, 4) is 0 Å². The van der Waals surface area contributed by atoms with E-state index in [-0.39, 0.29) is 19.0 Å². The van der Waals surface area contributed by atoms with E-state index in [1.54, 1.807) is 4.57 Å². The van der Waals surface area contributed by atoms with Crippen molar-refractivity contribution in [1.82, 2.24) is 19.5 Å². The Bertz CT molecular complexity index is 965. The molecule has 0 aromatic carbocycles. The standard InChI is InChI=1S/C8H14N5O11P3S/c9-7-6-8(11-3-10-7)13(4-12-6)1-2-21-5-25(14,15)23-28-24-27(19,20)22-26(16,17)18/h3-4H,1-2,5H2,(H,14,15)(H,19,20)(H2,9,10,11)(H2,16,17,18). The SMILES string of the molecule is Nc1ncnc2c1ncn2CCOCP(=O)(O)OSOP(=O)(O)OP(=O)(O)O. The minimum Gasteiger partial charge on any atom is -0.382 e. The maximum Gasteiger partial charge on any atom is 0.494 e. The smallest absolute Gasteiger partial charge is 0.382 e. The maximum atomic E-state index is 11.7. The second-order valence-corrected chi connectivity index (χ2v) is 10.2. The molecule has 0 aliphatic carbocycles. The lowest BCUT2D eigenvalue weighted by atomic mass is 10.5. The van der Waals surface area contributed by atoms with Gasteiger partial charge in [0.1, 0.15) is 18.2 Å². The van der Waals surface area contributed by atoms with E-state index >= 15 is 0 Å². The fraction of sp³-hybridized carbons (Fsp3) is 0.375. The Kier molecular flexibility index (Phi) is 7.72. The molecule has 0 saturated carbocycles. The lowest BCUT2D eigenvalue weighted by molar-refractivity contribution is 0.151. The molecule has 0 fully saturated rings. The van der Waals surface area contributed by atoms with Crippen LogP contribution in [0.15, 0.2) is 12.7 Å². The monoisotopic (exact) mass is 481 g/mol. The molecule has 2 aromatic rings. The first-order valence-corrected chi connectivity index (χ1v) is 12.3. The number of hydrogen-bond donors (Lipinski definition) is 5. The van der Waals surface area contributed by atoms with E-state index in [1.165, 1.54) is 12.7 Å². The molecule has 0 radical (unpaired) electrons. The predicted molar refractivity (Wildman–Crippen MR) is 93.1 cm³/mol. The Morgan fingerprint density at radius 1 is 1.11 bits per heavy atom. The Balaban J connectivity index is 1.75. The van der Waals surface area contributed by atoms with Crippen LogP contribution < -0.4 is 5.73 Å². The normalized spacial score (nSPS) is 16.7. The Morgan fingerprint density at radius 2 is 1.82 bits per heavy atom. The number of nitrogens with two attached hydrogens (primary N) is 1. The summed E-state index contributed by atoms with van der Waals surface area (Å²) in [5, 5.41) is 0. The highest BCUT2D eigenvalue weighted by Crippen LogP contribution is 2.61. The summed E-state index contributed by atoms with van der Waals surface area (Å²) in [5.74, 6) is 0.193. The largest absolute Gasteiger partial charge is 0.494 e. The molecule has 0 aliphatic heterocycles. The van der Waals surface area contributed by atoms with Crippen molar-refractivity contribution in [3.05, 3.63) is 12.7 Å². The number of phosphoric acid groups is 2. The van der Waals surface area contributed by atoms with E-state index in [1.807, 2.05) is 0 Å². The van der Waals surface area contributed by atoms with Gasteiger partial charge in [-0.15, -0.1) is 0 Å². The first-order chi connectivity index (χ1) is 12.9. The van der Waals surface area contributed by atoms with Crippen molar-refractivity contribution < 1.29 is 50.3 Å². The van der Waals surface area contributed by atoms with Gasteiger partial charge >= 0.3 is 23.2 Å². The van der Waals surface area contributed by atoms with Crippen LogP contribution in [0.4, 0.5) is 5.82 Å². The lowest BCUT2D eigenvalue weighted by Gasteiger charge is -2.13. The molecular formula is C8H14N5O11P3S. The van der Waals surface area contributed by atoms with E-state index in [2.05, 4.69) is 27.2 Å². The maximum absolute atomic E-state index is 11.7. The molecule has 20 heteroatoms. The van der Waals surface area contributed by atoms with Gasteiger partial charge in [0.15, 0.2) is 23.8 Å². The molecule has 2 atom stereocenters. The zero-order chi connectivity index (χ0) is 21.0. The summed E-state index contributed by atoms with van der Waals surface area (Å²) in [6.07, 6.45) is 1.86. The lowest BCUT2D eigenvalue weighted by Crippen LogP contribution is -2.07. The molecule has 0 amide bonds. The minimum atomic E-state index is -5.32. The number of hydrogen-bond acceptors (Lipinski definition) is 12. The third kappa shape index (κ3) is 7.48. The van der Waals surface area contributed by atoms with Crippen LogP contribution >= 0.6 is 35.6 Å². The van der Waals surface area contributed by atoms with Crippen LogP contribution in [0.1, 0.15) is 0 Å². The Labute approximate surface area is 160 Å². The average molecular weight is 481 g/mol. The number of imidazole rings is 1. The fourth-order valence-electron chi connectivity index (χ4n) is 1.67. The van der Waals surface area contributed by atoms with Crippen molar-refractivity contribution in [1.29, 1.82) is 0 Å². The van der Waals surface area contributed by atoms with E-state index in [9.17, 15) is 18.6 Å². The highest BCUT2D eigenvalue weighted by Gasteiger charge is 2.34. The highest BCUT2D eigenvalue weighted by atomic mass is 32.2. The number of nitrogens with zero attached hydrogens (tertiary/aromatic N) is 4. The van der Waals surface area contributed by atoms with Crippen LogP contribution in [0.5, 0.6) is 0 Å². The number of anilines is 1. The van der Waals surface area contributed by atoms with Crippen LogP contribution in [0.2, 0.25) is 0 Å². The Morgan fingerprint density at radius 3 is 2.50 bits per heavy atom. The first-order valence-electron chi connectivity index (χ1n) is 6.84. The van der Waals surface area contributed by atoms with E-state index in [0.29, 0.717) is 11.2 Å². The van der Waals surface area contributed by atoms with E-state index < -0.39 is 41.9 Å². The second-order valence-electron chi connectivity index (χ2n) is 4.80. The topological polar surface area (TPSA) is 239 Å². The van der Waals surface area contributed by atoms with Crippen LogP contribution in [-0.2, 0) is 37.2 Å². The molecule has 2 heterocycles. The quantitative estimate of drug-likeness (QED) is 0.165. The highest BCUT2D eigenvalue weighted by molar-refractivity contribution is 7.97. The van der Waals surface area contributed by atoms with Gasteiger partial charge in [-0.2, -0.15) is 8.28 Å². The summed E-state index contributed by atoms with van der Waals surface area (Å²) in [5.41, 5.74) is 6.47. The third-order valence-corrected chi connectivity index (χ3v) is 7.00. The molecular weight excluding hydrogens is 467 g/mol. The van der Waals surface area contributed by atoms with Gasteiger partial charge in [0, 0.05) is 6.54 Å². The van der Waals surface area contributed by atoms with Gasteiger partial charge in [-0.25, -0.2) is 28.1 Å². The van der Waals surface area contributed by atoms with Crippen LogP contribution in [0, 0.1) is 0 Å². The van der Waals surface area contributed by atoms with Crippen LogP contribution in [0.25, 0.3) is 11.2 Å². The molecule has 158 valence electrons. The molecule has 16 nitrogen and oxygen atoms in total. The summed E-state index contributed by atoms with van der Waals surface area (Å²) in [7, 11) is -15.0. The summed E-state index contributed by atoms with van der Waals surface area (Å²) in [4.78, 5) is 47.1. The number of ether oxygens (including phenoxy) is 1.